The lowest BCUT2D eigenvalue weighted by Gasteiger charge is -2.04. The normalized spacial score (nSPS) is 11.5. The van der Waals surface area contributed by atoms with Gasteiger partial charge in [0.25, 0.3) is 0 Å². The standard InChI is InChI=1S/C18H24N2O3S2/c1-4-5-6-9-25(22,23)12-17(21)20-18-19-16(11-24-18)15-8-7-13(2)14(3)10-15/h7-8,10-11H,4-6,9,12H2,1-3H3,(H,19,20,21). The van der Waals surface area contributed by atoms with E-state index in [9.17, 15) is 13.2 Å². The van der Waals surface area contributed by atoms with Crippen molar-refractivity contribution in [1.82, 2.24) is 4.98 Å². The first kappa shape index (κ1) is 19.6. The first-order valence-electron chi connectivity index (χ1n) is 8.34. The van der Waals surface area contributed by atoms with E-state index >= 15 is 0 Å². The number of unbranched alkanes of at least 4 members (excludes halogenated alkanes) is 2. The zero-order chi connectivity index (χ0) is 18.4. The van der Waals surface area contributed by atoms with Gasteiger partial charge in [0, 0.05) is 10.9 Å². The summed E-state index contributed by atoms with van der Waals surface area (Å²) in [5.41, 5.74) is 4.14. The summed E-state index contributed by atoms with van der Waals surface area (Å²) in [6.07, 6.45) is 2.40. The topological polar surface area (TPSA) is 76.1 Å². The summed E-state index contributed by atoms with van der Waals surface area (Å²) in [5.74, 6) is -0.965. The molecule has 0 aliphatic heterocycles. The van der Waals surface area contributed by atoms with E-state index in [1.165, 1.54) is 22.5 Å². The van der Waals surface area contributed by atoms with Crippen LogP contribution in [0.3, 0.4) is 0 Å². The molecule has 5 nitrogen and oxygen atoms in total. The van der Waals surface area contributed by atoms with Gasteiger partial charge in [0.15, 0.2) is 15.0 Å². The van der Waals surface area contributed by atoms with Crippen LogP contribution in [0.1, 0.15) is 37.3 Å². The molecule has 0 fully saturated rings. The molecule has 1 amide bonds. The van der Waals surface area contributed by atoms with Gasteiger partial charge in [-0.05, 0) is 37.5 Å². The molecule has 1 N–H and O–H groups in total. The summed E-state index contributed by atoms with van der Waals surface area (Å²) in [4.78, 5) is 16.4. The summed E-state index contributed by atoms with van der Waals surface area (Å²) in [5, 5.41) is 4.87. The summed E-state index contributed by atoms with van der Waals surface area (Å²) in [6.45, 7) is 6.10. The number of hydrogen-bond donors (Lipinski definition) is 1. The number of rotatable bonds is 8. The molecule has 0 unspecified atom stereocenters. The molecule has 0 spiro atoms. The van der Waals surface area contributed by atoms with Crippen molar-refractivity contribution in [3.05, 3.63) is 34.7 Å². The Bertz CT molecular complexity index is 842. The van der Waals surface area contributed by atoms with Gasteiger partial charge in [0.1, 0.15) is 5.75 Å². The van der Waals surface area contributed by atoms with Crippen LogP contribution in [0, 0.1) is 13.8 Å². The Morgan fingerprint density at radius 2 is 1.96 bits per heavy atom. The van der Waals surface area contributed by atoms with Gasteiger partial charge in [-0.2, -0.15) is 0 Å². The highest BCUT2D eigenvalue weighted by atomic mass is 32.2. The van der Waals surface area contributed by atoms with Gasteiger partial charge in [0.2, 0.25) is 5.91 Å². The summed E-state index contributed by atoms with van der Waals surface area (Å²) in [6, 6.07) is 6.07. The first-order chi connectivity index (χ1) is 11.8. The molecule has 7 heteroatoms. The van der Waals surface area contributed by atoms with Crippen molar-refractivity contribution in [3.63, 3.8) is 0 Å². The second-order valence-electron chi connectivity index (χ2n) is 6.18. The number of carbonyl (C=O) groups excluding carboxylic acids is 1. The first-order valence-corrected chi connectivity index (χ1v) is 11.0. The fourth-order valence-corrected chi connectivity index (χ4v) is 4.36. The van der Waals surface area contributed by atoms with Gasteiger partial charge in [-0.25, -0.2) is 13.4 Å². The van der Waals surface area contributed by atoms with Gasteiger partial charge >= 0.3 is 0 Å². The number of anilines is 1. The number of sulfone groups is 1. The van der Waals surface area contributed by atoms with Gasteiger partial charge in [-0.15, -0.1) is 11.3 Å². The lowest BCUT2D eigenvalue weighted by Crippen LogP contribution is -2.24. The van der Waals surface area contributed by atoms with Gasteiger partial charge in [-0.1, -0.05) is 31.9 Å². The van der Waals surface area contributed by atoms with Gasteiger partial charge < -0.3 is 5.32 Å². The molecule has 0 atom stereocenters. The van der Waals surface area contributed by atoms with Crippen LogP contribution in [-0.2, 0) is 14.6 Å². The van der Waals surface area contributed by atoms with Crippen LogP contribution in [0.25, 0.3) is 11.3 Å². The summed E-state index contributed by atoms with van der Waals surface area (Å²) in [7, 11) is -3.36. The van der Waals surface area contributed by atoms with Gasteiger partial charge in [0.05, 0.1) is 11.4 Å². The predicted molar refractivity (Wildman–Crippen MR) is 104 cm³/mol. The number of aryl methyl sites for hydroxylation is 2. The molecule has 0 radical (unpaired) electrons. The number of benzene rings is 1. The van der Waals surface area contributed by atoms with Crippen LogP contribution in [0.15, 0.2) is 23.6 Å². The SMILES string of the molecule is CCCCCS(=O)(=O)CC(=O)Nc1nc(-c2ccc(C)c(C)c2)cs1. The third-order valence-electron chi connectivity index (χ3n) is 3.96. The van der Waals surface area contributed by atoms with Crippen LogP contribution >= 0.6 is 11.3 Å². The highest BCUT2D eigenvalue weighted by Crippen LogP contribution is 2.26. The van der Waals surface area contributed by atoms with E-state index in [1.54, 1.807) is 0 Å². The third-order valence-corrected chi connectivity index (χ3v) is 6.33. The van der Waals surface area contributed by atoms with E-state index in [2.05, 4.69) is 10.3 Å². The van der Waals surface area contributed by atoms with Crippen LogP contribution in [-0.4, -0.2) is 30.8 Å². The van der Waals surface area contributed by atoms with Crippen LogP contribution < -0.4 is 5.32 Å². The second-order valence-corrected chi connectivity index (χ2v) is 9.23. The lowest BCUT2D eigenvalue weighted by atomic mass is 10.1. The largest absolute Gasteiger partial charge is 0.301 e. The number of amides is 1. The van der Waals surface area contributed by atoms with Crippen molar-refractivity contribution in [2.45, 2.75) is 40.0 Å². The van der Waals surface area contributed by atoms with Crippen LogP contribution in [0.5, 0.6) is 0 Å². The Labute approximate surface area is 153 Å². The van der Waals surface area contributed by atoms with Crippen LogP contribution in [0.4, 0.5) is 5.13 Å². The van der Waals surface area contributed by atoms with Crippen molar-refractivity contribution >= 4 is 32.2 Å². The lowest BCUT2D eigenvalue weighted by molar-refractivity contribution is -0.113. The molecule has 0 bridgehead atoms. The molecule has 1 heterocycles. The number of thiazole rings is 1. The van der Waals surface area contributed by atoms with Crippen molar-refractivity contribution in [3.8, 4) is 11.3 Å². The Kier molecular flexibility index (Phi) is 6.72. The molecule has 2 rings (SSSR count). The molecule has 0 saturated heterocycles. The molecule has 1 aromatic heterocycles. The molecule has 2 aromatic rings. The van der Waals surface area contributed by atoms with Crippen molar-refractivity contribution in [1.29, 1.82) is 0 Å². The quantitative estimate of drug-likeness (QED) is 0.703. The van der Waals surface area contributed by atoms with E-state index in [0.717, 1.165) is 24.1 Å². The average molecular weight is 381 g/mol. The molecule has 25 heavy (non-hydrogen) atoms. The molecule has 0 aliphatic rings. The Balaban J connectivity index is 1.98. The Morgan fingerprint density at radius 3 is 2.64 bits per heavy atom. The summed E-state index contributed by atoms with van der Waals surface area (Å²) < 4.78 is 23.8. The molecular weight excluding hydrogens is 356 g/mol. The minimum Gasteiger partial charge on any atom is -0.301 e. The van der Waals surface area contributed by atoms with E-state index in [0.29, 0.717) is 11.6 Å². The zero-order valence-corrected chi connectivity index (χ0v) is 16.5. The van der Waals surface area contributed by atoms with E-state index < -0.39 is 21.5 Å². The fraction of sp³-hybridized carbons (Fsp3) is 0.444. The average Bonchev–Trinajstić information content (AvgIpc) is 2.97. The maximum absolute atomic E-state index is 12.0. The van der Waals surface area contributed by atoms with Crippen LogP contribution in [0.2, 0.25) is 0 Å². The van der Waals surface area contributed by atoms with Gasteiger partial charge in [-0.3, -0.25) is 4.79 Å². The second kappa shape index (κ2) is 8.58. The van der Waals surface area contributed by atoms with E-state index in [1.807, 2.05) is 44.4 Å². The minimum atomic E-state index is -3.36. The zero-order valence-electron chi connectivity index (χ0n) is 14.8. The number of aromatic nitrogens is 1. The number of carbonyl (C=O) groups is 1. The van der Waals surface area contributed by atoms with Crippen molar-refractivity contribution in [2.24, 2.45) is 0 Å². The Hall–Kier alpha value is -1.73. The highest BCUT2D eigenvalue weighted by molar-refractivity contribution is 7.92. The number of nitrogens with one attached hydrogen (secondary N) is 1. The smallest absolute Gasteiger partial charge is 0.241 e. The molecule has 1 aromatic carbocycles. The third kappa shape index (κ3) is 5.93. The van der Waals surface area contributed by atoms with E-state index in [-0.39, 0.29) is 5.75 Å². The maximum Gasteiger partial charge on any atom is 0.241 e. The molecule has 136 valence electrons. The summed E-state index contributed by atoms with van der Waals surface area (Å²) >= 11 is 1.29. The minimum absolute atomic E-state index is 0.0556. The van der Waals surface area contributed by atoms with E-state index in [4.69, 9.17) is 0 Å². The Morgan fingerprint density at radius 1 is 1.20 bits per heavy atom. The molecular formula is C18H24N2O3S2. The number of hydrogen-bond acceptors (Lipinski definition) is 5. The maximum atomic E-state index is 12.0. The highest BCUT2D eigenvalue weighted by Gasteiger charge is 2.17. The molecule has 0 aliphatic carbocycles. The number of nitrogens with zero attached hydrogens (tertiary/aromatic N) is 1. The van der Waals surface area contributed by atoms with Crippen molar-refractivity contribution < 1.29 is 13.2 Å². The van der Waals surface area contributed by atoms with Crippen molar-refractivity contribution in [2.75, 3.05) is 16.8 Å². The fourth-order valence-electron chi connectivity index (χ4n) is 2.36. The predicted octanol–water partition coefficient (Wildman–Crippen LogP) is 3.97. The molecule has 0 saturated carbocycles. The monoisotopic (exact) mass is 380 g/mol.